The van der Waals surface area contributed by atoms with Crippen LogP contribution in [0.3, 0.4) is 0 Å². The highest BCUT2D eigenvalue weighted by Crippen LogP contribution is 2.15. The van der Waals surface area contributed by atoms with Gasteiger partial charge in [0.15, 0.2) is 6.61 Å². The van der Waals surface area contributed by atoms with E-state index >= 15 is 0 Å². The van der Waals surface area contributed by atoms with Crippen molar-refractivity contribution in [2.24, 2.45) is 0 Å². The SMILES string of the molecule is O=C(COc1ccc(Cl)cc1)Nc1ccnc(Cl)n1. The van der Waals surface area contributed by atoms with Crippen LogP contribution >= 0.6 is 23.2 Å². The fourth-order valence-electron chi connectivity index (χ4n) is 1.26. The van der Waals surface area contributed by atoms with E-state index in [0.717, 1.165) is 0 Å². The molecule has 1 aromatic carbocycles. The molecule has 19 heavy (non-hydrogen) atoms. The molecule has 0 saturated carbocycles. The Morgan fingerprint density at radius 2 is 1.95 bits per heavy atom. The lowest BCUT2D eigenvalue weighted by Gasteiger charge is -2.06. The molecule has 0 aliphatic rings. The van der Waals surface area contributed by atoms with E-state index in [2.05, 4.69) is 15.3 Å². The van der Waals surface area contributed by atoms with Crippen molar-refractivity contribution in [3.05, 3.63) is 46.8 Å². The molecule has 7 heteroatoms. The van der Waals surface area contributed by atoms with Crippen molar-refractivity contribution in [2.45, 2.75) is 0 Å². The van der Waals surface area contributed by atoms with Gasteiger partial charge < -0.3 is 10.1 Å². The second-order valence-electron chi connectivity index (χ2n) is 3.50. The van der Waals surface area contributed by atoms with E-state index in [0.29, 0.717) is 16.6 Å². The summed E-state index contributed by atoms with van der Waals surface area (Å²) in [5.74, 6) is 0.537. The van der Waals surface area contributed by atoms with Crippen LogP contribution < -0.4 is 10.1 Å². The van der Waals surface area contributed by atoms with Crippen LogP contribution in [0, 0.1) is 0 Å². The molecule has 2 rings (SSSR count). The normalized spacial score (nSPS) is 10.0. The third kappa shape index (κ3) is 4.39. The van der Waals surface area contributed by atoms with Crippen LogP contribution in [0.5, 0.6) is 5.75 Å². The molecule has 98 valence electrons. The van der Waals surface area contributed by atoms with Crippen molar-refractivity contribution < 1.29 is 9.53 Å². The second kappa shape index (κ2) is 6.36. The molecule has 0 bridgehead atoms. The van der Waals surface area contributed by atoms with E-state index in [9.17, 15) is 4.79 Å². The summed E-state index contributed by atoms with van der Waals surface area (Å²) in [6.45, 7) is -0.136. The largest absolute Gasteiger partial charge is 0.484 e. The van der Waals surface area contributed by atoms with E-state index in [4.69, 9.17) is 27.9 Å². The Labute approximate surface area is 119 Å². The number of carbonyl (C=O) groups excluding carboxylic acids is 1. The van der Waals surface area contributed by atoms with Crippen molar-refractivity contribution in [1.29, 1.82) is 0 Å². The minimum Gasteiger partial charge on any atom is -0.484 e. The standard InChI is InChI=1S/C12H9Cl2N3O2/c13-8-1-3-9(4-2-8)19-7-11(18)16-10-5-6-15-12(14)17-10/h1-6H,7H2,(H,15,16,17,18). The predicted molar refractivity (Wildman–Crippen MR) is 72.6 cm³/mol. The van der Waals surface area contributed by atoms with E-state index in [1.54, 1.807) is 24.3 Å². The van der Waals surface area contributed by atoms with Gasteiger partial charge in [0, 0.05) is 11.2 Å². The quantitative estimate of drug-likeness (QED) is 0.882. The molecular formula is C12H9Cl2N3O2. The number of ether oxygens (including phenoxy) is 1. The first-order valence-corrected chi connectivity index (χ1v) is 6.06. The first-order valence-electron chi connectivity index (χ1n) is 5.30. The zero-order valence-corrected chi connectivity index (χ0v) is 11.1. The molecule has 0 atom stereocenters. The lowest BCUT2D eigenvalue weighted by atomic mass is 10.3. The van der Waals surface area contributed by atoms with Crippen molar-refractivity contribution >= 4 is 34.9 Å². The molecule has 5 nitrogen and oxygen atoms in total. The van der Waals surface area contributed by atoms with Crippen molar-refractivity contribution in [1.82, 2.24) is 9.97 Å². The number of hydrogen-bond acceptors (Lipinski definition) is 4. The van der Waals surface area contributed by atoms with Crippen molar-refractivity contribution in [3.8, 4) is 5.75 Å². The molecular weight excluding hydrogens is 289 g/mol. The fraction of sp³-hybridized carbons (Fsp3) is 0.0833. The average molecular weight is 298 g/mol. The van der Waals surface area contributed by atoms with Crippen LogP contribution in [-0.2, 0) is 4.79 Å². The molecule has 1 aromatic heterocycles. The summed E-state index contributed by atoms with van der Waals surface area (Å²) >= 11 is 11.3. The summed E-state index contributed by atoms with van der Waals surface area (Å²) in [5.41, 5.74) is 0. The number of rotatable bonds is 4. The number of aromatic nitrogens is 2. The molecule has 0 spiro atoms. The maximum Gasteiger partial charge on any atom is 0.263 e. The van der Waals surface area contributed by atoms with Crippen molar-refractivity contribution in [2.75, 3.05) is 11.9 Å². The Balaban J connectivity index is 1.86. The van der Waals surface area contributed by atoms with Gasteiger partial charge >= 0.3 is 0 Å². The number of hydrogen-bond donors (Lipinski definition) is 1. The Morgan fingerprint density at radius 1 is 1.21 bits per heavy atom. The number of halogens is 2. The van der Waals surface area contributed by atoms with E-state index in [1.165, 1.54) is 12.3 Å². The summed E-state index contributed by atoms with van der Waals surface area (Å²) in [4.78, 5) is 19.1. The third-order valence-electron chi connectivity index (χ3n) is 2.08. The van der Waals surface area contributed by atoms with Gasteiger partial charge in [-0.25, -0.2) is 9.97 Å². The molecule has 1 heterocycles. The van der Waals surface area contributed by atoms with Gasteiger partial charge in [0.1, 0.15) is 11.6 Å². The Kier molecular flexibility index (Phi) is 4.54. The van der Waals surface area contributed by atoms with Crippen LogP contribution in [0.15, 0.2) is 36.5 Å². The van der Waals surface area contributed by atoms with Gasteiger partial charge in [-0.1, -0.05) is 11.6 Å². The lowest BCUT2D eigenvalue weighted by Crippen LogP contribution is -2.20. The summed E-state index contributed by atoms with van der Waals surface area (Å²) in [7, 11) is 0. The number of amides is 1. The summed E-state index contributed by atoms with van der Waals surface area (Å²) in [5, 5.41) is 3.21. The Morgan fingerprint density at radius 3 is 2.63 bits per heavy atom. The number of benzene rings is 1. The van der Waals surface area contributed by atoms with Gasteiger partial charge in [-0.3, -0.25) is 4.79 Å². The van der Waals surface area contributed by atoms with Crippen LogP contribution in [0.4, 0.5) is 5.82 Å². The highest BCUT2D eigenvalue weighted by molar-refractivity contribution is 6.30. The molecule has 0 radical (unpaired) electrons. The summed E-state index contributed by atoms with van der Waals surface area (Å²) in [6.07, 6.45) is 1.45. The van der Waals surface area contributed by atoms with Gasteiger partial charge in [-0.2, -0.15) is 0 Å². The molecule has 1 N–H and O–H groups in total. The van der Waals surface area contributed by atoms with Crippen LogP contribution in [0.1, 0.15) is 0 Å². The molecule has 1 amide bonds. The van der Waals surface area contributed by atoms with Crippen molar-refractivity contribution in [3.63, 3.8) is 0 Å². The molecule has 0 saturated heterocycles. The first kappa shape index (κ1) is 13.6. The molecule has 0 aliphatic heterocycles. The summed E-state index contributed by atoms with van der Waals surface area (Å²) in [6, 6.07) is 8.25. The number of nitrogens with one attached hydrogen (secondary N) is 1. The van der Waals surface area contributed by atoms with Gasteiger partial charge in [0.2, 0.25) is 5.28 Å². The average Bonchev–Trinajstić information content (AvgIpc) is 2.38. The molecule has 0 fully saturated rings. The summed E-state index contributed by atoms with van der Waals surface area (Å²) < 4.78 is 5.28. The zero-order valence-electron chi connectivity index (χ0n) is 9.64. The van der Waals surface area contributed by atoms with Crippen LogP contribution in [-0.4, -0.2) is 22.5 Å². The Bertz CT molecular complexity index is 575. The van der Waals surface area contributed by atoms with Gasteiger partial charge in [-0.15, -0.1) is 0 Å². The van der Waals surface area contributed by atoms with E-state index < -0.39 is 0 Å². The number of nitrogens with zero attached hydrogens (tertiary/aromatic N) is 2. The molecule has 0 aliphatic carbocycles. The maximum absolute atomic E-state index is 11.6. The van der Waals surface area contributed by atoms with E-state index in [1.807, 2.05) is 0 Å². The molecule has 2 aromatic rings. The third-order valence-corrected chi connectivity index (χ3v) is 2.51. The highest BCUT2D eigenvalue weighted by atomic mass is 35.5. The van der Waals surface area contributed by atoms with Crippen LogP contribution in [0.25, 0.3) is 0 Å². The minimum atomic E-state index is -0.343. The first-order chi connectivity index (χ1) is 9.13. The number of anilines is 1. The van der Waals surface area contributed by atoms with Gasteiger partial charge in [0.25, 0.3) is 5.91 Å². The topological polar surface area (TPSA) is 64.1 Å². The smallest absolute Gasteiger partial charge is 0.263 e. The zero-order chi connectivity index (χ0) is 13.7. The van der Waals surface area contributed by atoms with Crippen LogP contribution in [0.2, 0.25) is 10.3 Å². The van der Waals surface area contributed by atoms with Gasteiger partial charge in [0.05, 0.1) is 0 Å². The minimum absolute atomic E-state index is 0.0661. The van der Waals surface area contributed by atoms with E-state index in [-0.39, 0.29) is 17.8 Å². The monoisotopic (exact) mass is 297 g/mol. The predicted octanol–water partition coefficient (Wildman–Crippen LogP) is 2.80. The maximum atomic E-state index is 11.6. The highest BCUT2D eigenvalue weighted by Gasteiger charge is 2.05. The Hall–Kier alpha value is -1.85. The second-order valence-corrected chi connectivity index (χ2v) is 4.28. The fourth-order valence-corrected chi connectivity index (χ4v) is 1.54. The number of carbonyl (C=O) groups is 1. The molecule has 0 unspecified atom stereocenters. The lowest BCUT2D eigenvalue weighted by molar-refractivity contribution is -0.118. The van der Waals surface area contributed by atoms with Gasteiger partial charge in [-0.05, 0) is 41.9 Å².